The van der Waals surface area contributed by atoms with Gasteiger partial charge in [0.2, 0.25) is 10.0 Å². The molecule has 2 rings (SSSR count). The normalized spacial score (nSPS) is 17.7. The topological polar surface area (TPSA) is 81.2 Å². The molecule has 1 aliphatic rings. The van der Waals surface area contributed by atoms with Crippen LogP contribution in [0, 0.1) is 6.92 Å². The van der Waals surface area contributed by atoms with E-state index in [1.165, 1.54) is 15.4 Å². The first kappa shape index (κ1) is 10.4. The molecular formula is C8H14N4O2S. The fourth-order valence-corrected chi connectivity index (χ4v) is 2.66. The lowest BCUT2D eigenvalue weighted by Crippen LogP contribution is -2.36. The first-order valence-corrected chi connectivity index (χ1v) is 6.52. The highest BCUT2D eigenvalue weighted by Gasteiger charge is 2.27. The van der Waals surface area contributed by atoms with E-state index in [1.54, 1.807) is 0 Å². The average Bonchev–Trinajstić information content (AvgIpc) is 2.41. The Morgan fingerprint density at radius 2 is 2.13 bits per heavy atom. The van der Waals surface area contributed by atoms with Gasteiger partial charge in [0, 0.05) is 25.1 Å². The third-order valence-electron chi connectivity index (χ3n) is 2.72. The summed E-state index contributed by atoms with van der Waals surface area (Å²) in [5.41, 5.74) is 2.68. The summed E-state index contributed by atoms with van der Waals surface area (Å²) in [6.45, 7) is 2.71. The molecule has 2 N–H and O–H groups in total. The second-order valence-corrected chi connectivity index (χ2v) is 5.78. The van der Waals surface area contributed by atoms with Crippen molar-refractivity contribution in [2.75, 3.05) is 18.6 Å². The lowest BCUT2D eigenvalue weighted by atomic mass is 10.1. The smallest absolute Gasteiger partial charge is 0.211 e. The highest BCUT2D eigenvalue weighted by atomic mass is 32.2. The van der Waals surface area contributed by atoms with Crippen LogP contribution in [0.4, 0.5) is 0 Å². The molecule has 0 saturated heterocycles. The fraction of sp³-hybridized carbons (Fsp3) is 0.625. The van der Waals surface area contributed by atoms with Gasteiger partial charge in [0.05, 0.1) is 17.6 Å². The predicted molar refractivity (Wildman–Crippen MR) is 56.1 cm³/mol. The van der Waals surface area contributed by atoms with Crippen molar-refractivity contribution in [2.24, 2.45) is 0 Å². The Morgan fingerprint density at radius 3 is 2.73 bits per heavy atom. The van der Waals surface area contributed by atoms with Crippen molar-refractivity contribution < 1.29 is 8.42 Å². The standard InChI is InChI=1S/C8H14N4O2S/c1-6-7-5-11(15(2,13)14)4-3-8(7)12(9)10-6/h3-5,9H2,1-2H3. The molecule has 0 unspecified atom stereocenters. The number of aromatic nitrogens is 2. The average molecular weight is 230 g/mol. The molecule has 1 aromatic heterocycles. The Hall–Kier alpha value is -1.08. The first-order valence-electron chi connectivity index (χ1n) is 4.67. The molecule has 0 saturated carbocycles. The van der Waals surface area contributed by atoms with E-state index in [4.69, 9.17) is 5.84 Å². The maximum Gasteiger partial charge on any atom is 0.211 e. The van der Waals surface area contributed by atoms with Crippen molar-refractivity contribution in [1.29, 1.82) is 0 Å². The highest BCUT2D eigenvalue weighted by Crippen LogP contribution is 2.22. The van der Waals surface area contributed by atoms with Gasteiger partial charge in [-0.2, -0.15) is 14.2 Å². The molecule has 0 bridgehead atoms. The molecule has 0 spiro atoms. The van der Waals surface area contributed by atoms with Crippen LogP contribution in [0.5, 0.6) is 0 Å². The molecule has 1 aliphatic heterocycles. The summed E-state index contributed by atoms with van der Waals surface area (Å²) < 4.78 is 24.2. The molecule has 0 radical (unpaired) electrons. The van der Waals surface area contributed by atoms with Crippen LogP contribution in [0.2, 0.25) is 0 Å². The van der Waals surface area contributed by atoms with E-state index >= 15 is 0 Å². The van der Waals surface area contributed by atoms with E-state index in [0.717, 1.165) is 17.0 Å². The summed E-state index contributed by atoms with van der Waals surface area (Å²) >= 11 is 0. The molecule has 15 heavy (non-hydrogen) atoms. The molecule has 0 aliphatic carbocycles. The minimum absolute atomic E-state index is 0.386. The van der Waals surface area contributed by atoms with E-state index < -0.39 is 10.0 Å². The van der Waals surface area contributed by atoms with Crippen molar-refractivity contribution in [2.45, 2.75) is 19.9 Å². The van der Waals surface area contributed by atoms with Crippen LogP contribution < -0.4 is 5.84 Å². The van der Waals surface area contributed by atoms with Crippen molar-refractivity contribution in [3.05, 3.63) is 17.0 Å². The summed E-state index contributed by atoms with van der Waals surface area (Å²) in [5, 5.41) is 4.08. The molecule has 2 heterocycles. The van der Waals surface area contributed by atoms with Crippen LogP contribution in [0.15, 0.2) is 0 Å². The summed E-state index contributed by atoms with van der Waals surface area (Å²) in [5.74, 6) is 5.65. The van der Waals surface area contributed by atoms with Crippen LogP contribution in [0.1, 0.15) is 17.0 Å². The molecule has 0 atom stereocenters. The third kappa shape index (κ3) is 1.72. The Kier molecular flexibility index (Phi) is 2.23. The van der Waals surface area contributed by atoms with Crippen LogP contribution >= 0.6 is 0 Å². The molecule has 1 aromatic rings. The van der Waals surface area contributed by atoms with Gasteiger partial charge in [0.25, 0.3) is 0 Å². The summed E-state index contributed by atoms with van der Waals surface area (Å²) in [4.78, 5) is 1.35. The van der Waals surface area contributed by atoms with Crippen molar-refractivity contribution >= 4 is 10.0 Å². The SMILES string of the molecule is Cc1nn(N)c2c1CN(S(C)(=O)=O)CC2. The van der Waals surface area contributed by atoms with Crippen LogP contribution in [0.3, 0.4) is 0 Å². The zero-order chi connectivity index (χ0) is 11.2. The van der Waals surface area contributed by atoms with E-state index in [-0.39, 0.29) is 0 Å². The van der Waals surface area contributed by atoms with E-state index in [2.05, 4.69) is 5.10 Å². The van der Waals surface area contributed by atoms with Gasteiger partial charge in [-0.05, 0) is 6.92 Å². The Labute approximate surface area is 88.7 Å². The number of aryl methyl sites for hydroxylation is 1. The van der Waals surface area contributed by atoms with Gasteiger partial charge in [-0.25, -0.2) is 8.42 Å². The first-order chi connectivity index (χ1) is 6.89. The zero-order valence-electron chi connectivity index (χ0n) is 8.77. The van der Waals surface area contributed by atoms with Crippen LogP contribution in [0.25, 0.3) is 0 Å². The summed E-state index contributed by atoms with van der Waals surface area (Å²) in [7, 11) is -3.12. The van der Waals surface area contributed by atoms with Gasteiger partial charge in [0.15, 0.2) is 0 Å². The number of nitrogen functional groups attached to an aromatic ring is 1. The van der Waals surface area contributed by atoms with Crippen molar-refractivity contribution in [1.82, 2.24) is 14.2 Å². The third-order valence-corrected chi connectivity index (χ3v) is 3.97. The lowest BCUT2D eigenvalue weighted by molar-refractivity contribution is 0.390. The van der Waals surface area contributed by atoms with Gasteiger partial charge >= 0.3 is 0 Å². The number of nitrogens with two attached hydrogens (primary N) is 1. The fourth-order valence-electron chi connectivity index (χ4n) is 1.87. The predicted octanol–water partition coefficient (Wildman–Crippen LogP) is -0.777. The quantitative estimate of drug-likeness (QED) is 0.642. The Balaban J connectivity index is 2.39. The van der Waals surface area contributed by atoms with Gasteiger partial charge < -0.3 is 5.84 Å². The lowest BCUT2D eigenvalue weighted by Gasteiger charge is -2.24. The second kappa shape index (κ2) is 3.21. The number of hydrogen-bond donors (Lipinski definition) is 1. The van der Waals surface area contributed by atoms with Crippen molar-refractivity contribution in [3.8, 4) is 0 Å². The summed E-state index contributed by atoms with van der Waals surface area (Å²) in [6, 6.07) is 0. The summed E-state index contributed by atoms with van der Waals surface area (Å²) in [6.07, 6.45) is 1.85. The van der Waals surface area contributed by atoms with Gasteiger partial charge in [-0.15, -0.1) is 0 Å². The zero-order valence-corrected chi connectivity index (χ0v) is 9.58. The Bertz CT molecular complexity index is 491. The monoisotopic (exact) mass is 230 g/mol. The van der Waals surface area contributed by atoms with E-state index in [0.29, 0.717) is 19.5 Å². The molecule has 84 valence electrons. The molecule has 7 heteroatoms. The molecule has 0 fully saturated rings. The maximum absolute atomic E-state index is 11.4. The van der Waals surface area contributed by atoms with Gasteiger partial charge in [-0.3, -0.25) is 0 Å². The van der Waals surface area contributed by atoms with Gasteiger partial charge in [-0.1, -0.05) is 0 Å². The van der Waals surface area contributed by atoms with E-state index in [9.17, 15) is 8.42 Å². The van der Waals surface area contributed by atoms with E-state index in [1.807, 2.05) is 6.92 Å². The van der Waals surface area contributed by atoms with Crippen LogP contribution in [-0.2, 0) is 23.0 Å². The van der Waals surface area contributed by atoms with Crippen molar-refractivity contribution in [3.63, 3.8) is 0 Å². The van der Waals surface area contributed by atoms with Crippen LogP contribution in [-0.4, -0.2) is 35.4 Å². The largest absolute Gasteiger partial charge is 0.323 e. The van der Waals surface area contributed by atoms with Gasteiger partial charge in [0.1, 0.15) is 0 Å². The highest BCUT2D eigenvalue weighted by molar-refractivity contribution is 7.88. The Morgan fingerprint density at radius 1 is 1.47 bits per heavy atom. The molecular weight excluding hydrogens is 216 g/mol. The number of sulfonamides is 1. The number of hydrogen-bond acceptors (Lipinski definition) is 4. The molecule has 0 amide bonds. The molecule has 6 nitrogen and oxygen atoms in total. The number of nitrogens with zero attached hydrogens (tertiary/aromatic N) is 3. The second-order valence-electron chi connectivity index (χ2n) is 3.80. The minimum Gasteiger partial charge on any atom is -0.323 e. The molecule has 0 aromatic carbocycles. The minimum atomic E-state index is -3.12. The maximum atomic E-state index is 11.4. The number of rotatable bonds is 1. The number of fused-ring (bicyclic) bond motifs is 1.